The summed E-state index contributed by atoms with van der Waals surface area (Å²) in [5, 5.41) is 0. The Labute approximate surface area is 157 Å². The summed E-state index contributed by atoms with van der Waals surface area (Å²) in [6.45, 7) is 12.9. The van der Waals surface area contributed by atoms with Gasteiger partial charge in [0.2, 0.25) is 0 Å². The van der Waals surface area contributed by atoms with Crippen molar-refractivity contribution in [1.82, 2.24) is 0 Å². The Morgan fingerprint density at radius 1 is 0.769 bits per heavy atom. The van der Waals surface area contributed by atoms with Gasteiger partial charge in [-0.05, 0) is 61.5 Å². The van der Waals surface area contributed by atoms with E-state index in [9.17, 15) is 0 Å². The van der Waals surface area contributed by atoms with Crippen LogP contribution in [0, 0.1) is 0 Å². The first-order valence-corrected chi connectivity index (χ1v) is 9.39. The SMILES string of the molecule is CC1(C)C=Cc2cc(-c3cccc(B4OC(C)(C)C(C)(C)O4)c3)ccc21. The van der Waals surface area contributed by atoms with E-state index in [1.165, 1.54) is 22.3 Å². The van der Waals surface area contributed by atoms with Crippen molar-refractivity contribution in [3.05, 3.63) is 59.7 Å². The van der Waals surface area contributed by atoms with E-state index in [-0.39, 0.29) is 23.7 Å². The lowest BCUT2D eigenvalue weighted by molar-refractivity contribution is 0.00578. The summed E-state index contributed by atoms with van der Waals surface area (Å²) in [5.41, 5.74) is 5.67. The maximum Gasteiger partial charge on any atom is 0.494 e. The highest BCUT2D eigenvalue weighted by Gasteiger charge is 2.51. The van der Waals surface area contributed by atoms with Crippen molar-refractivity contribution in [3.63, 3.8) is 0 Å². The summed E-state index contributed by atoms with van der Waals surface area (Å²) in [5.74, 6) is 0. The third-order valence-electron chi connectivity index (χ3n) is 6.17. The van der Waals surface area contributed by atoms with Crippen molar-refractivity contribution in [1.29, 1.82) is 0 Å². The van der Waals surface area contributed by atoms with Crippen LogP contribution in [0.15, 0.2) is 48.5 Å². The molecule has 26 heavy (non-hydrogen) atoms. The molecular weight excluding hydrogens is 319 g/mol. The second kappa shape index (κ2) is 5.58. The average molecular weight is 346 g/mol. The summed E-state index contributed by atoms with van der Waals surface area (Å²) in [6, 6.07) is 15.3. The summed E-state index contributed by atoms with van der Waals surface area (Å²) < 4.78 is 12.4. The van der Waals surface area contributed by atoms with E-state index in [2.05, 4.69) is 96.2 Å². The van der Waals surface area contributed by atoms with E-state index < -0.39 is 0 Å². The van der Waals surface area contributed by atoms with Gasteiger partial charge >= 0.3 is 7.12 Å². The maximum absolute atomic E-state index is 6.21. The predicted octanol–water partition coefficient (Wildman–Crippen LogP) is 4.96. The van der Waals surface area contributed by atoms with Crippen LogP contribution in [0.2, 0.25) is 0 Å². The lowest BCUT2D eigenvalue weighted by Crippen LogP contribution is -2.41. The minimum absolute atomic E-state index is 0.123. The zero-order valence-electron chi connectivity index (χ0n) is 16.6. The van der Waals surface area contributed by atoms with Crippen LogP contribution in [0.5, 0.6) is 0 Å². The zero-order chi connectivity index (χ0) is 18.7. The Kier molecular flexibility index (Phi) is 3.77. The Hall–Kier alpha value is -1.84. The molecule has 3 heteroatoms. The largest absolute Gasteiger partial charge is 0.494 e. The molecule has 0 aromatic heterocycles. The number of benzene rings is 2. The number of allylic oxidation sites excluding steroid dienone is 1. The third-order valence-corrected chi connectivity index (χ3v) is 6.17. The fourth-order valence-electron chi connectivity index (χ4n) is 3.70. The van der Waals surface area contributed by atoms with Crippen LogP contribution in [0.25, 0.3) is 17.2 Å². The lowest BCUT2D eigenvalue weighted by atomic mass is 9.77. The molecule has 0 spiro atoms. The van der Waals surface area contributed by atoms with Gasteiger partial charge in [0.25, 0.3) is 0 Å². The smallest absolute Gasteiger partial charge is 0.399 e. The molecule has 1 aliphatic carbocycles. The number of hydrogen-bond donors (Lipinski definition) is 0. The summed E-state index contributed by atoms with van der Waals surface area (Å²) in [6.07, 6.45) is 4.51. The highest BCUT2D eigenvalue weighted by Crippen LogP contribution is 2.38. The fraction of sp³-hybridized carbons (Fsp3) is 0.391. The van der Waals surface area contributed by atoms with Crippen LogP contribution < -0.4 is 5.46 Å². The minimum Gasteiger partial charge on any atom is -0.399 e. The van der Waals surface area contributed by atoms with Gasteiger partial charge in [-0.3, -0.25) is 0 Å². The Morgan fingerprint density at radius 3 is 2.12 bits per heavy atom. The molecule has 0 unspecified atom stereocenters. The topological polar surface area (TPSA) is 18.5 Å². The van der Waals surface area contributed by atoms with Crippen molar-refractivity contribution in [3.8, 4) is 11.1 Å². The molecule has 1 saturated heterocycles. The third kappa shape index (κ3) is 2.74. The van der Waals surface area contributed by atoms with Crippen molar-refractivity contribution in [2.75, 3.05) is 0 Å². The Morgan fingerprint density at radius 2 is 1.42 bits per heavy atom. The quantitative estimate of drug-likeness (QED) is 0.716. The van der Waals surface area contributed by atoms with Crippen LogP contribution in [-0.4, -0.2) is 18.3 Å². The van der Waals surface area contributed by atoms with E-state index in [1.807, 2.05) is 0 Å². The molecule has 0 saturated carbocycles. The molecule has 4 rings (SSSR count). The van der Waals surface area contributed by atoms with E-state index in [0.29, 0.717) is 0 Å². The van der Waals surface area contributed by atoms with Crippen molar-refractivity contribution < 1.29 is 9.31 Å². The molecule has 2 aliphatic rings. The van der Waals surface area contributed by atoms with Crippen LogP contribution in [0.4, 0.5) is 0 Å². The van der Waals surface area contributed by atoms with Gasteiger partial charge in [0.1, 0.15) is 0 Å². The summed E-state index contributed by atoms with van der Waals surface area (Å²) in [7, 11) is -0.326. The number of fused-ring (bicyclic) bond motifs is 1. The molecule has 134 valence electrons. The van der Waals surface area contributed by atoms with E-state index in [0.717, 1.165) is 5.46 Å². The van der Waals surface area contributed by atoms with Crippen LogP contribution in [0.3, 0.4) is 0 Å². The Bertz CT molecular complexity index is 877. The van der Waals surface area contributed by atoms with Gasteiger partial charge in [0, 0.05) is 5.41 Å². The van der Waals surface area contributed by atoms with Gasteiger partial charge in [-0.1, -0.05) is 62.4 Å². The zero-order valence-corrected chi connectivity index (χ0v) is 16.6. The molecule has 2 aromatic rings. The highest BCUT2D eigenvalue weighted by molar-refractivity contribution is 6.62. The minimum atomic E-state index is -0.326. The van der Waals surface area contributed by atoms with Gasteiger partial charge in [0.15, 0.2) is 0 Å². The fourth-order valence-corrected chi connectivity index (χ4v) is 3.70. The molecule has 1 aliphatic heterocycles. The van der Waals surface area contributed by atoms with Gasteiger partial charge in [0.05, 0.1) is 11.2 Å². The summed E-state index contributed by atoms with van der Waals surface area (Å²) in [4.78, 5) is 0. The van der Waals surface area contributed by atoms with Gasteiger partial charge in [-0.25, -0.2) is 0 Å². The van der Waals surface area contributed by atoms with Crippen LogP contribution in [0.1, 0.15) is 52.7 Å². The first-order valence-electron chi connectivity index (χ1n) is 9.39. The molecule has 0 N–H and O–H groups in total. The van der Waals surface area contributed by atoms with Gasteiger partial charge < -0.3 is 9.31 Å². The second-order valence-corrected chi connectivity index (χ2v) is 9.07. The molecule has 0 atom stereocenters. The molecule has 2 aromatic carbocycles. The first-order chi connectivity index (χ1) is 12.1. The van der Waals surface area contributed by atoms with Crippen molar-refractivity contribution >= 4 is 18.7 Å². The van der Waals surface area contributed by atoms with Crippen molar-refractivity contribution in [2.45, 2.75) is 58.2 Å². The molecule has 0 radical (unpaired) electrons. The van der Waals surface area contributed by atoms with Gasteiger partial charge in [-0.2, -0.15) is 0 Å². The van der Waals surface area contributed by atoms with E-state index in [4.69, 9.17) is 9.31 Å². The molecule has 2 nitrogen and oxygen atoms in total. The predicted molar refractivity (Wildman–Crippen MR) is 110 cm³/mol. The van der Waals surface area contributed by atoms with E-state index in [1.54, 1.807) is 0 Å². The summed E-state index contributed by atoms with van der Waals surface area (Å²) >= 11 is 0. The number of rotatable bonds is 2. The van der Waals surface area contributed by atoms with Gasteiger partial charge in [-0.15, -0.1) is 0 Å². The Balaban J connectivity index is 1.67. The lowest BCUT2D eigenvalue weighted by Gasteiger charge is -2.32. The van der Waals surface area contributed by atoms with Crippen molar-refractivity contribution in [2.24, 2.45) is 0 Å². The van der Waals surface area contributed by atoms with Crippen LogP contribution in [-0.2, 0) is 14.7 Å². The molecule has 1 fully saturated rings. The van der Waals surface area contributed by atoms with Crippen LogP contribution >= 0.6 is 0 Å². The molecule has 0 amide bonds. The molecule has 0 bridgehead atoms. The number of hydrogen-bond acceptors (Lipinski definition) is 2. The average Bonchev–Trinajstić information content (AvgIpc) is 3.00. The second-order valence-electron chi connectivity index (χ2n) is 9.07. The van der Waals surface area contributed by atoms with E-state index >= 15 is 0 Å². The standard InChI is InChI=1S/C23H27BO2/c1-21(2)13-12-18-14-17(10-11-20(18)21)16-8-7-9-19(15-16)24-25-22(3,4)23(5,6)26-24/h7-15H,1-6H3. The molecular formula is C23H27BO2. The maximum atomic E-state index is 6.21. The molecule has 1 heterocycles. The monoisotopic (exact) mass is 346 g/mol. The highest BCUT2D eigenvalue weighted by atomic mass is 16.7. The first kappa shape index (κ1) is 17.6. The normalized spacial score (nSPS) is 21.8.